The summed E-state index contributed by atoms with van der Waals surface area (Å²) in [5.41, 5.74) is -0.219. The molecule has 2 amide bonds. The van der Waals surface area contributed by atoms with Crippen LogP contribution < -0.4 is 10.6 Å². The number of carbonyl (C=O) groups is 2. The van der Waals surface area contributed by atoms with Gasteiger partial charge in [0.05, 0.1) is 29.4 Å². The zero-order valence-corrected chi connectivity index (χ0v) is 22.2. The van der Waals surface area contributed by atoms with Gasteiger partial charge in [0.15, 0.2) is 11.5 Å². The maximum atomic E-state index is 14.2. The van der Waals surface area contributed by atoms with E-state index in [2.05, 4.69) is 37.6 Å². The number of hydrogen-bond acceptors (Lipinski definition) is 7. The van der Waals surface area contributed by atoms with Crippen molar-refractivity contribution < 1.29 is 27.3 Å². The Morgan fingerprint density at radius 3 is 2.55 bits per heavy atom. The molecule has 5 atom stereocenters. The van der Waals surface area contributed by atoms with Gasteiger partial charge in [0, 0.05) is 55.8 Å². The summed E-state index contributed by atoms with van der Waals surface area (Å²) < 4.78 is 46.8. The molecule has 1 saturated heterocycles. The normalized spacial score (nSPS) is 24.0. The van der Waals surface area contributed by atoms with E-state index < -0.39 is 46.9 Å². The number of piperidine rings is 1. The number of benzene rings is 1. The van der Waals surface area contributed by atoms with Crippen LogP contribution in [0, 0.1) is 29.3 Å². The minimum absolute atomic E-state index is 0.211. The van der Waals surface area contributed by atoms with Crippen LogP contribution in [0.1, 0.15) is 61.8 Å². The van der Waals surface area contributed by atoms with Gasteiger partial charge in [0.25, 0.3) is 5.91 Å². The summed E-state index contributed by atoms with van der Waals surface area (Å²) in [4.78, 5) is 37.4. The summed E-state index contributed by atoms with van der Waals surface area (Å²) in [6.07, 6.45) is 8.59. The fraction of sp³-hybridized carbons (Fsp3) is 0.464. The number of aromatic nitrogens is 3. The third-order valence-electron chi connectivity index (χ3n) is 7.96. The van der Waals surface area contributed by atoms with Gasteiger partial charge in [-0.05, 0) is 32.1 Å². The van der Waals surface area contributed by atoms with E-state index in [1.165, 1.54) is 0 Å². The average molecular weight is 557 g/mol. The number of likely N-dealkylation sites (tertiary alicyclic amines) is 1. The molecule has 0 bridgehead atoms. The molecule has 3 aromatic rings. The van der Waals surface area contributed by atoms with E-state index in [0.717, 1.165) is 25.3 Å². The molecule has 0 unspecified atom stereocenters. The van der Waals surface area contributed by atoms with Gasteiger partial charge >= 0.3 is 0 Å². The third kappa shape index (κ3) is 5.86. The van der Waals surface area contributed by atoms with E-state index in [4.69, 9.17) is 4.52 Å². The first-order chi connectivity index (χ1) is 19.2. The van der Waals surface area contributed by atoms with Crippen LogP contribution in [0.15, 0.2) is 41.3 Å². The molecular weight excluding hydrogens is 525 g/mol. The van der Waals surface area contributed by atoms with Crippen LogP contribution in [0.2, 0.25) is 0 Å². The molecule has 12 heteroatoms. The van der Waals surface area contributed by atoms with Crippen molar-refractivity contribution in [2.45, 2.75) is 57.7 Å². The second-order valence-electron chi connectivity index (χ2n) is 10.6. The molecule has 5 rings (SSSR count). The van der Waals surface area contributed by atoms with Crippen molar-refractivity contribution in [3.63, 3.8) is 0 Å². The second-order valence-corrected chi connectivity index (χ2v) is 10.6. The van der Waals surface area contributed by atoms with Crippen molar-refractivity contribution in [3.05, 3.63) is 65.6 Å². The molecule has 0 spiro atoms. The van der Waals surface area contributed by atoms with Crippen LogP contribution in [0.3, 0.4) is 0 Å². The molecular formula is C28H31F3N6O3. The number of nitrogens with zero attached hydrogens (tertiary/aromatic N) is 4. The first-order valence-electron chi connectivity index (χ1n) is 13.4. The van der Waals surface area contributed by atoms with Gasteiger partial charge in [0.1, 0.15) is 17.5 Å². The lowest BCUT2D eigenvalue weighted by atomic mass is 9.88. The first kappa shape index (κ1) is 27.8. The van der Waals surface area contributed by atoms with Gasteiger partial charge in [-0.1, -0.05) is 18.5 Å². The molecule has 2 N–H and O–H groups in total. The number of nitrogens with one attached hydrogen (secondary N) is 2. The molecule has 2 fully saturated rings. The van der Waals surface area contributed by atoms with Gasteiger partial charge in [0.2, 0.25) is 5.91 Å². The van der Waals surface area contributed by atoms with Gasteiger partial charge in [-0.3, -0.25) is 24.5 Å². The van der Waals surface area contributed by atoms with Crippen LogP contribution in [0.4, 0.5) is 13.2 Å². The Labute approximate surface area is 229 Å². The van der Waals surface area contributed by atoms with E-state index in [0.29, 0.717) is 49.3 Å². The summed E-state index contributed by atoms with van der Waals surface area (Å²) in [5.74, 6) is -4.70. The van der Waals surface area contributed by atoms with E-state index in [1.807, 2.05) is 6.92 Å². The summed E-state index contributed by atoms with van der Waals surface area (Å²) in [7, 11) is 0. The highest BCUT2D eigenvalue weighted by Gasteiger charge is 2.40. The monoisotopic (exact) mass is 556 g/mol. The minimum atomic E-state index is -1.18. The number of halogens is 3. The van der Waals surface area contributed by atoms with E-state index in [-0.39, 0.29) is 17.4 Å². The second kappa shape index (κ2) is 11.7. The van der Waals surface area contributed by atoms with Crippen molar-refractivity contribution in [3.8, 4) is 11.3 Å². The van der Waals surface area contributed by atoms with Crippen LogP contribution >= 0.6 is 0 Å². The van der Waals surface area contributed by atoms with Gasteiger partial charge < -0.3 is 15.2 Å². The highest BCUT2D eigenvalue weighted by Crippen LogP contribution is 2.33. The van der Waals surface area contributed by atoms with Crippen molar-refractivity contribution in [2.75, 3.05) is 13.1 Å². The van der Waals surface area contributed by atoms with Crippen molar-refractivity contribution in [1.82, 2.24) is 30.7 Å². The molecule has 1 aromatic carbocycles. The van der Waals surface area contributed by atoms with Gasteiger partial charge in [-0.2, -0.15) is 0 Å². The molecule has 1 saturated carbocycles. The Morgan fingerprint density at radius 1 is 1.10 bits per heavy atom. The Bertz CT molecular complexity index is 1350. The van der Waals surface area contributed by atoms with Crippen LogP contribution in [-0.2, 0) is 4.79 Å². The molecule has 9 nitrogen and oxygen atoms in total. The molecule has 212 valence electrons. The molecule has 40 heavy (non-hydrogen) atoms. The van der Waals surface area contributed by atoms with Gasteiger partial charge in [-0.25, -0.2) is 13.2 Å². The average Bonchev–Trinajstić information content (AvgIpc) is 3.58. The lowest BCUT2D eigenvalue weighted by molar-refractivity contribution is -0.128. The maximum absolute atomic E-state index is 14.2. The van der Waals surface area contributed by atoms with Crippen LogP contribution in [0.5, 0.6) is 0 Å². The molecule has 1 aliphatic heterocycles. The maximum Gasteiger partial charge on any atom is 0.273 e. The Kier molecular flexibility index (Phi) is 8.15. The van der Waals surface area contributed by atoms with Crippen molar-refractivity contribution in [1.29, 1.82) is 0 Å². The molecule has 2 aliphatic rings. The smallest absolute Gasteiger partial charge is 0.273 e. The summed E-state index contributed by atoms with van der Waals surface area (Å²) in [6.45, 7) is 5.22. The Balaban J connectivity index is 1.33. The summed E-state index contributed by atoms with van der Waals surface area (Å²) in [6, 6.07) is 1.60. The highest BCUT2D eigenvalue weighted by molar-refractivity contribution is 5.94. The van der Waals surface area contributed by atoms with E-state index in [9.17, 15) is 22.8 Å². The predicted octanol–water partition coefficient (Wildman–Crippen LogP) is 4.04. The zero-order valence-electron chi connectivity index (χ0n) is 22.2. The number of hydrogen-bond donors (Lipinski definition) is 2. The number of carbonyl (C=O) groups excluding carboxylic acids is 2. The fourth-order valence-electron chi connectivity index (χ4n) is 5.83. The quantitative estimate of drug-likeness (QED) is 0.452. The van der Waals surface area contributed by atoms with Crippen LogP contribution in [0.25, 0.3) is 11.3 Å². The third-order valence-corrected chi connectivity index (χ3v) is 7.96. The summed E-state index contributed by atoms with van der Waals surface area (Å²) in [5, 5.41) is 9.55. The first-order valence-corrected chi connectivity index (χ1v) is 13.4. The van der Waals surface area contributed by atoms with Crippen molar-refractivity contribution >= 4 is 11.8 Å². The van der Waals surface area contributed by atoms with Gasteiger partial charge in [-0.15, -0.1) is 0 Å². The zero-order chi connectivity index (χ0) is 28.4. The topological polar surface area (TPSA) is 113 Å². The Morgan fingerprint density at radius 2 is 1.88 bits per heavy atom. The standard InChI is InChI=1S/C28H31F3N6O3/c1-15-4-3-5-24(15)37-9-6-21(18(14-37)27(38)34-16(2)23-13-32-7-8-33-23)35-28(39)22-12-25(40-36-22)26-19(30)10-17(29)11-20(26)31/h7-8,10-13,15-16,18,21,24H,3-6,9,14H2,1-2H3,(H,34,38)(H,35,39)/t15-,16-,18-,21-,24-/m1/s1. The largest absolute Gasteiger partial charge is 0.355 e. The van der Waals surface area contributed by atoms with E-state index in [1.54, 1.807) is 18.6 Å². The SMILES string of the molecule is C[C@@H]1CCC[C@H]1N1CC[C@@H](NC(=O)c2cc(-c3c(F)cc(F)cc3F)on2)[C@H](C(=O)N[C@H](C)c2cnccn2)C1. The minimum Gasteiger partial charge on any atom is -0.355 e. The number of amides is 2. The fourth-order valence-corrected chi connectivity index (χ4v) is 5.83. The molecule has 3 heterocycles. The van der Waals surface area contributed by atoms with Crippen molar-refractivity contribution in [2.24, 2.45) is 11.8 Å². The lowest BCUT2D eigenvalue weighted by Crippen LogP contribution is -2.58. The van der Waals surface area contributed by atoms with E-state index >= 15 is 0 Å². The lowest BCUT2D eigenvalue weighted by Gasteiger charge is -2.42. The molecule has 1 aliphatic carbocycles. The summed E-state index contributed by atoms with van der Waals surface area (Å²) >= 11 is 0. The Hall–Kier alpha value is -3.80. The molecule has 0 radical (unpaired) electrons. The molecule has 2 aromatic heterocycles. The highest BCUT2D eigenvalue weighted by atomic mass is 19.1. The number of rotatable bonds is 7. The van der Waals surface area contributed by atoms with Crippen LogP contribution in [-0.4, -0.2) is 57.0 Å². The predicted molar refractivity (Wildman–Crippen MR) is 138 cm³/mol.